The van der Waals surface area contributed by atoms with Crippen molar-refractivity contribution < 1.29 is 20.1 Å². The molecule has 0 heterocycles. The summed E-state index contributed by atoms with van der Waals surface area (Å²) in [5.41, 5.74) is 0. The molecule has 4 N–H and O–H groups in total. The Hall–Kier alpha value is -0.910. The van der Waals surface area contributed by atoms with Crippen LogP contribution in [0.1, 0.15) is 136 Å². The van der Waals surface area contributed by atoms with Gasteiger partial charge < -0.3 is 20.6 Å². The molecular weight excluding hydrogens is 414 g/mol. The number of nitrogens with one attached hydrogen (secondary N) is 1. The fraction of sp³-hybridized carbons (Fsp3) is 0.893. The number of hydrogen-bond donors (Lipinski definition) is 4. The van der Waals surface area contributed by atoms with E-state index >= 15 is 0 Å². The fourth-order valence-electron chi connectivity index (χ4n) is 4.11. The average Bonchev–Trinajstić information content (AvgIpc) is 2.80. The maximum atomic E-state index is 12.2. The summed E-state index contributed by atoms with van der Waals surface area (Å²) in [6, 6.07) is -0.665. The third-order valence-electron chi connectivity index (χ3n) is 6.33. The van der Waals surface area contributed by atoms with Gasteiger partial charge in [-0.25, -0.2) is 0 Å². The molecule has 0 spiro atoms. The lowest BCUT2D eigenvalue weighted by atomic mass is 10.0. The van der Waals surface area contributed by atoms with Crippen LogP contribution >= 0.6 is 0 Å². The maximum absolute atomic E-state index is 12.2. The predicted octanol–water partition coefficient (Wildman–Crippen LogP) is 6.19. The minimum Gasteiger partial charge on any atom is -0.394 e. The van der Waals surface area contributed by atoms with E-state index in [1.165, 1.54) is 77.0 Å². The number of carbonyl (C=O) groups excluding carboxylic acids is 1. The smallest absolute Gasteiger partial charge is 0.222 e. The lowest BCUT2D eigenvalue weighted by Gasteiger charge is -2.23. The van der Waals surface area contributed by atoms with Crippen LogP contribution in [0, 0.1) is 0 Å². The Morgan fingerprint density at radius 3 is 1.82 bits per heavy atom. The van der Waals surface area contributed by atoms with E-state index in [9.17, 15) is 20.1 Å². The van der Waals surface area contributed by atoms with Crippen molar-refractivity contribution in [2.75, 3.05) is 6.61 Å². The Labute approximate surface area is 204 Å². The van der Waals surface area contributed by atoms with Crippen molar-refractivity contribution in [1.29, 1.82) is 0 Å². The van der Waals surface area contributed by atoms with Gasteiger partial charge >= 0.3 is 0 Å². The molecule has 0 aromatic rings. The minimum atomic E-state index is -0.752. The van der Waals surface area contributed by atoms with Gasteiger partial charge in [-0.2, -0.15) is 0 Å². The highest BCUT2D eigenvalue weighted by atomic mass is 16.3. The van der Waals surface area contributed by atoms with Crippen LogP contribution in [-0.2, 0) is 4.79 Å². The van der Waals surface area contributed by atoms with E-state index in [1.54, 1.807) is 0 Å². The Balaban J connectivity index is 3.83. The van der Waals surface area contributed by atoms with Crippen molar-refractivity contribution in [1.82, 2.24) is 5.32 Å². The Kier molecular flexibility index (Phi) is 23.6. The number of hydrogen-bond acceptors (Lipinski definition) is 4. The molecule has 0 rings (SSSR count). The lowest BCUT2D eigenvalue weighted by molar-refractivity contribution is -0.125. The van der Waals surface area contributed by atoms with Crippen LogP contribution in [0.15, 0.2) is 12.2 Å². The number of allylic oxidation sites excluding steroid dienone is 1. The molecular formula is C28H55NO4. The first-order valence-corrected chi connectivity index (χ1v) is 14.0. The second-order valence-electron chi connectivity index (χ2n) is 9.66. The van der Waals surface area contributed by atoms with Crippen LogP contribution in [-0.4, -0.2) is 46.1 Å². The first-order valence-electron chi connectivity index (χ1n) is 14.0. The van der Waals surface area contributed by atoms with Crippen LogP contribution in [0.4, 0.5) is 0 Å². The van der Waals surface area contributed by atoms with Crippen molar-refractivity contribution in [2.24, 2.45) is 0 Å². The van der Waals surface area contributed by atoms with E-state index in [1.807, 2.05) is 6.08 Å². The first-order chi connectivity index (χ1) is 16.0. The molecule has 0 saturated carbocycles. The SMILES string of the molecule is CCCCCC/C=C\CC(O)CC(=O)NC(CO)C(O)CCCCCCCCCCCCC. The van der Waals surface area contributed by atoms with Gasteiger partial charge in [0.25, 0.3) is 0 Å². The van der Waals surface area contributed by atoms with E-state index in [0.29, 0.717) is 12.8 Å². The summed E-state index contributed by atoms with van der Waals surface area (Å²) < 4.78 is 0. The van der Waals surface area contributed by atoms with Gasteiger partial charge in [-0.05, 0) is 25.7 Å². The molecule has 5 nitrogen and oxygen atoms in total. The summed E-state index contributed by atoms with van der Waals surface area (Å²) in [6.07, 6.45) is 23.2. The van der Waals surface area contributed by atoms with Gasteiger partial charge in [0.05, 0.1) is 31.3 Å². The number of amides is 1. The monoisotopic (exact) mass is 469 g/mol. The summed E-state index contributed by atoms with van der Waals surface area (Å²) in [5, 5.41) is 32.7. The van der Waals surface area contributed by atoms with Gasteiger partial charge in [-0.15, -0.1) is 0 Å². The Bertz CT molecular complexity index is 455. The Morgan fingerprint density at radius 2 is 1.27 bits per heavy atom. The summed E-state index contributed by atoms with van der Waals surface area (Å²) in [6.45, 7) is 4.14. The van der Waals surface area contributed by atoms with Gasteiger partial charge in [0, 0.05) is 0 Å². The minimum absolute atomic E-state index is 0.0121. The second kappa shape index (κ2) is 24.2. The zero-order chi connectivity index (χ0) is 24.6. The van der Waals surface area contributed by atoms with E-state index in [0.717, 1.165) is 25.7 Å². The number of unbranched alkanes of at least 4 members (excludes halogenated alkanes) is 14. The molecule has 0 aliphatic rings. The van der Waals surface area contributed by atoms with Crippen molar-refractivity contribution in [3.05, 3.63) is 12.2 Å². The zero-order valence-electron chi connectivity index (χ0n) is 21.8. The van der Waals surface area contributed by atoms with Gasteiger partial charge in [-0.3, -0.25) is 4.79 Å². The van der Waals surface area contributed by atoms with Crippen LogP contribution in [0.5, 0.6) is 0 Å². The number of aliphatic hydroxyl groups excluding tert-OH is 3. The normalized spacial score (nSPS) is 14.5. The number of rotatable bonds is 24. The molecule has 0 fully saturated rings. The quantitative estimate of drug-likeness (QED) is 0.100. The van der Waals surface area contributed by atoms with Crippen LogP contribution in [0.2, 0.25) is 0 Å². The summed E-state index contributed by atoms with van der Waals surface area (Å²) in [7, 11) is 0. The molecule has 196 valence electrons. The molecule has 0 aliphatic carbocycles. The highest BCUT2D eigenvalue weighted by Crippen LogP contribution is 2.13. The first kappa shape index (κ1) is 32.1. The fourth-order valence-corrected chi connectivity index (χ4v) is 4.11. The standard InChI is InChI=1S/C28H55NO4/c1-3-5-7-9-11-12-13-14-16-18-20-22-27(32)26(24-30)29-28(33)23-25(31)21-19-17-15-10-8-6-4-2/h17,19,25-27,30-32H,3-16,18,20-24H2,1-2H3,(H,29,33)/b19-17-. The molecule has 33 heavy (non-hydrogen) atoms. The summed E-state index contributed by atoms with van der Waals surface area (Å²) in [5.74, 6) is -0.323. The van der Waals surface area contributed by atoms with Crippen LogP contribution < -0.4 is 5.32 Å². The highest BCUT2D eigenvalue weighted by Gasteiger charge is 2.21. The van der Waals surface area contributed by atoms with E-state index in [2.05, 4.69) is 25.2 Å². The van der Waals surface area contributed by atoms with Crippen molar-refractivity contribution in [3.8, 4) is 0 Å². The topological polar surface area (TPSA) is 89.8 Å². The molecule has 0 aromatic heterocycles. The van der Waals surface area contributed by atoms with E-state index < -0.39 is 18.2 Å². The predicted molar refractivity (Wildman–Crippen MR) is 139 cm³/mol. The van der Waals surface area contributed by atoms with Crippen LogP contribution in [0.25, 0.3) is 0 Å². The molecule has 0 saturated heterocycles. The third kappa shape index (κ3) is 21.4. The molecule has 3 unspecified atom stereocenters. The van der Waals surface area contributed by atoms with Gasteiger partial charge in [0.15, 0.2) is 0 Å². The molecule has 0 aromatic carbocycles. The molecule has 5 heteroatoms. The van der Waals surface area contributed by atoms with E-state index in [-0.39, 0.29) is 18.9 Å². The molecule has 3 atom stereocenters. The van der Waals surface area contributed by atoms with Crippen molar-refractivity contribution in [2.45, 2.75) is 154 Å². The lowest BCUT2D eigenvalue weighted by Crippen LogP contribution is -2.46. The number of aliphatic hydroxyl groups is 3. The largest absolute Gasteiger partial charge is 0.394 e. The third-order valence-corrected chi connectivity index (χ3v) is 6.33. The second-order valence-corrected chi connectivity index (χ2v) is 9.66. The molecule has 0 radical (unpaired) electrons. The van der Waals surface area contributed by atoms with Gasteiger partial charge in [0.2, 0.25) is 5.91 Å². The van der Waals surface area contributed by atoms with Crippen molar-refractivity contribution >= 4 is 5.91 Å². The van der Waals surface area contributed by atoms with Gasteiger partial charge in [0.1, 0.15) is 0 Å². The maximum Gasteiger partial charge on any atom is 0.222 e. The highest BCUT2D eigenvalue weighted by molar-refractivity contribution is 5.76. The average molecular weight is 470 g/mol. The van der Waals surface area contributed by atoms with Gasteiger partial charge in [-0.1, -0.05) is 116 Å². The van der Waals surface area contributed by atoms with E-state index in [4.69, 9.17) is 0 Å². The molecule has 1 amide bonds. The molecule has 0 aliphatic heterocycles. The number of carbonyl (C=O) groups is 1. The summed E-state index contributed by atoms with van der Waals surface area (Å²) in [4.78, 5) is 12.2. The van der Waals surface area contributed by atoms with Crippen LogP contribution in [0.3, 0.4) is 0 Å². The molecule has 0 bridgehead atoms. The summed E-state index contributed by atoms with van der Waals surface area (Å²) >= 11 is 0. The Morgan fingerprint density at radius 1 is 0.758 bits per heavy atom. The van der Waals surface area contributed by atoms with Crippen molar-refractivity contribution in [3.63, 3.8) is 0 Å². The zero-order valence-corrected chi connectivity index (χ0v) is 21.8.